The second kappa shape index (κ2) is 14.6. The highest BCUT2D eigenvalue weighted by Crippen LogP contribution is 2.30. The van der Waals surface area contributed by atoms with Gasteiger partial charge in [0.2, 0.25) is 5.95 Å². The minimum atomic E-state index is -0.469. The highest BCUT2D eigenvalue weighted by Gasteiger charge is 2.38. The van der Waals surface area contributed by atoms with E-state index in [-0.39, 0.29) is 23.8 Å². The summed E-state index contributed by atoms with van der Waals surface area (Å²) in [6.07, 6.45) is 5.39. The third-order valence-corrected chi connectivity index (χ3v) is 9.47. The second-order valence-corrected chi connectivity index (χ2v) is 14.4. The molecule has 2 aromatic carbocycles. The van der Waals surface area contributed by atoms with E-state index in [4.69, 9.17) is 14.7 Å². The molecule has 2 amide bonds. The van der Waals surface area contributed by atoms with Crippen molar-refractivity contribution in [1.29, 1.82) is 0 Å². The predicted molar refractivity (Wildman–Crippen MR) is 195 cm³/mol. The van der Waals surface area contributed by atoms with Crippen LogP contribution in [0.25, 0.3) is 11.3 Å². The zero-order valence-corrected chi connectivity index (χ0v) is 29.4. The van der Waals surface area contributed by atoms with Crippen molar-refractivity contribution in [2.75, 3.05) is 56.0 Å². The average molecular weight is 689 g/mol. The number of rotatable bonds is 10. The van der Waals surface area contributed by atoms with Crippen molar-refractivity contribution in [2.45, 2.75) is 51.8 Å². The first kappa shape index (κ1) is 34.3. The first-order chi connectivity index (χ1) is 24.6. The van der Waals surface area contributed by atoms with Gasteiger partial charge in [0.15, 0.2) is 0 Å². The summed E-state index contributed by atoms with van der Waals surface area (Å²) >= 11 is 0. The number of fused-ring (bicyclic) bond motifs is 1. The SMILES string of the molecule is CC(C)(C)OC(=O)CN1CCN(Cc2cccc(Nc3nccc(-c4ccc(N5CCCC5CN5C(=O)c6ccccc6C5=O)nc4)n3)c2)CC1. The number of hydrogen-bond acceptors (Lipinski definition) is 11. The second-order valence-electron chi connectivity index (χ2n) is 14.4. The summed E-state index contributed by atoms with van der Waals surface area (Å²) in [4.78, 5) is 60.3. The molecular weight excluding hydrogens is 644 g/mol. The molecule has 12 nitrogen and oxygen atoms in total. The van der Waals surface area contributed by atoms with Gasteiger partial charge in [-0.3, -0.25) is 29.1 Å². The summed E-state index contributed by atoms with van der Waals surface area (Å²) in [5.74, 6) is 0.677. The summed E-state index contributed by atoms with van der Waals surface area (Å²) in [5.41, 5.74) is 4.17. The molecule has 0 saturated carbocycles. The number of ether oxygens (including phenoxy) is 1. The third kappa shape index (κ3) is 8.08. The summed E-state index contributed by atoms with van der Waals surface area (Å²) in [7, 11) is 0. The Hall–Kier alpha value is -5.20. The lowest BCUT2D eigenvalue weighted by Crippen LogP contribution is -2.48. The fourth-order valence-corrected chi connectivity index (χ4v) is 7.03. The fourth-order valence-electron chi connectivity index (χ4n) is 7.03. The van der Waals surface area contributed by atoms with Gasteiger partial charge in [0, 0.05) is 75.5 Å². The van der Waals surface area contributed by atoms with Crippen LogP contribution in [-0.4, -0.2) is 105 Å². The molecule has 12 heteroatoms. The standard InChI is InChI=1S/C39H44N8O4/c1-39(2,3)51-35(48)26-45-20-18-44(19-21-45)24-27-8-6-9-29(22-27)42-38-40-16-15-33(43-38)28-13-14-34(41-23-28)46-17-7-10-30(46)25-47-36(49)31-11-4-5-12-32(31)37(47)50/h4-6,8-9,11-16,22-23,30H,7,10,17-21,24-26H2,1-3H3,(H,40,42,43). The Kier molecular flexibility index (Phi) is 9.79. The molecule has 1 unspecified atom stereocenters. The fraction of sp³-hybridized carbons (Fsp3) is 0.385. The van der Waals surface area contributed by atoms with Gasteiger partial charge in [-0.1, -0.05) is 24.3 Å². The molecule has 7 rings (SSSR count). The van der Waals surface area contributed by atoms with E-state index in [1.807, 2.05) is 57.3 Å². The number of amides is 2. The van der Waals surface area contributed by atoms with Crippen LogP contribution in [0.5, 0.6) is 0 Å². The number of nitrogens with zero attached hydrogens (tertiary/aromatic N) is 7. The lowest BCUT2D eigenvalue weighted by atomic mass is 10.1. The van der Waals surface area contributed by atoms with Crippen LogP contribution >= 0.6 is 0 Å². The van der Waals surface area contributed by atoms with E-state index >= 15 is 0 Å². The number of anilines is 3. The number of pyridine rings is 1. The largest absolute Gasteiger partial charge is 0.459 e. The van der Waals surface area contributed by atoms with Gasteiger partial charge in [-0.15, -0.1) is 0 Å². The molecule has 0 radical (unpaired) electrons. The van der Waals surface area contributed by atoms with Crippen LogP contribution in [0.4, 0.5) is 17.5 Å². The van der Waals surface area contributed by atoms with Gasteiger partial charge in [-0.05, 0) is 81.6 Å². The van der Waals surface area contributed by atoms with Gasteiger partial charge in [-0.25, -0.2) is 15.0 Å². The Balaban J connectivity index is 0.940. The number of carbonyl (C=O) groups is 3. The number of imide groups is 1. The van der Waals surface area contributed by atoms with E-state index in [0.717, 1.165) is 74.9 Å². The van der Waals surface area contributed by atoms with Crippen LogP contribution in [0.1, 0.15) is 59.9 Å². The maximum absolute atomic E-state index is 13.0. The van der Waals surface area contributed by atoms with Crippen molar-refractivity contribution in [1.82, 2.24) is 29.7 Å². The number of aromatic nitrogens is 3. The molecule has 1 atom stereocenters. The van der Waals surface area contributed by atoms with Crippen molar-refractivity contribution >= 4 is 35.2 Å². The van der Waals surface area contributed by atoms with Crippen LogP contribution in [0.2, 0.25) is 0 Å². The first-order valence-corrected chi connectivity index (χ1v) is 17.6. The Morgan fingerprint density at radius 1 is 0.882 bits per heavy atom. The molecule has 264 valence electrons. The van der Waals surface area contributed by atoms with Gasteiger partial charge >= 0.3 is 5.97 Å². The molecule has 5 heterocycles. The van der Waals surface area contributed by atoms with Crippen LogP contribution in [-0.2, 0) is 16.1 Å². The number of esters is 1. The number of piperazine rings is 1. The van der Waals surface area contributed by atoms with Crippen LogP contribution in [0.3, 0.4) is 0 Å². The monoisotopic (exact) mass is 688 g/mol. The summed E-state index contributed by atoms with van der Waals surface area (Å²) in [5, 5.41) is 3.36. The Bertz CT molecular complexity index is 1870. The number of carbonyl (C=O) groups excluding carboxylic acids is 3. The summed E-state index contributed by atoms with van der Waals surface area (Å²) < 4.78 is 5.48. The van der Waals surface area contributed by atoms with Crippen molar-refractivity contribution in [3.8, 4) is 11.3 Å². The molecule has 0 spiro atoms. The first-order valence-electron chi connectivity index (χ1n) is 17.6. The molecule has 51 heavy (non-hydrogen) atoms. The van der Waals surface area contributed by atoms with Crippen molar-refractivity contribution in [3.05, 3.63) is 95.8 Å². The van der Waals surface area contributed by atoms with Gasteiger partial charge in [0.25, 0.3) is 11.8 Å². The smallest absolute Gasteiger partial charge is 0.320 e. The normalized spacial score (nSPS) is 18.3. The maximum atomic E-state index is 13.0. The van der Waals surface area contributed by atoms with E-state index in [1.54, 1.807) is 30.5 Å². The van der Waals surface area contributed by atoms with Gasteiger partial charge < -0.3 is 15.0 Å². The number of benzene rings is 2. The molecule has 3 aliphatic heterocycles. The van der Waals surface area contributed by atoms with Gasteiger partial charge in [-0.2, -0.15) is 0 Å². The maximum Gasteiger partial charge on any atom is 0.320 e. The van der Waals surface area contributed by atoms with E-state index in [2.05, 4.69) is 37.1 Å². The lowest BCUT2D eigenvalue weighted by molar-refractivity contribution is -0.156. The van der Waals surface area contributed by atoms with E-state index in [9.17, 15) is 14.4 Å². The molecule has 2 aromatic heterocycles. The molecule has 2 saturated heterocycles. The molecule has 2 fully saturated rings. The van der Waals surface area contributed by atoms with Crippen LogP contribution in [0.15, 0.2) is 79.1 Å². The molecule has 3 aliphatic rings. The summed E-state index contributed by atoms with van der Waals surface area (Å²) in [6, 6.07) is 21.1. The minimum Gasteiger partial charge on any atom is -0.459 e. The molecule has 1 N–H and O–H groups in total. The number of nitrogens with one attached hydrogen (secondary N) is 1. The average Bonchev–Trinajstić information content (AvgIpc) is 3.67. The van der Waals surface area contributed by atoms with Gasteiger partial charge in [0.1, 0.15) is 11.4 Å². The van der Waals surface area contributed by atoms with Crippen LogP contribution in [0, 0.1) is 0 Å². The Morgan fingerprint density at radius 2 is 1.63 bits per heavy atom. The predicted octanol–water partition coefficient (Wildman–Crippen LogP) is 5.01. The minimum absolute atomic E-state index is 0.00458. The zero-order chi connectivity index (χ0) is 35.5. The Morgan fingerprint density at radius 3 is 2.33 bits per heavy atom. The molecule has 4 aromatic rings. The highest BCUT2D eigenvalue weighted by atomic mass is 16.6. The summed E-state index contributed by atoms with van der Waals surface area (Å²) in [6.45, 7) is 11.4. The third-order valence-electron chi connectivity index (χ3n) is 9.47. The van der Waals surface area contributed by atoms with Gasteiger partial charge in [0.05, 0.1) is 23.4 Å². The lowest BCUT2D eigenvalue weighted by Gasteiger charge is -2.34. The quantitative estimate of drug-likeness (QED) is 0.179. The highest BCUT2D eigenvalue weighted by molar-refractivity contribution is 6.21. The van der Waals surface area contributed by atoms with Crippen molar-refractivity contribution in [3.63, 3.8) is 0 Å². The van der Waals surface area contributed by atoms with Crippen molar-refractivity contribution < 1.29 is 19.1 Å². The topological polar surface area (TPSA) is 124 Å². The number of hydrogen-bond donors (Lipinski definition) is 1. The zero-order valence-electron chi connectivity index (χ0n) is 29.4. The molecular formula is C39H44N8O4. The van der Waals surface area contributed by atoms with E-state index in [1.165, 1.54) is 10.5 Å². The van der Waals surface area contributed by atoms with E-state index in [0.29, 0.717) is 30.2 Å². The van der Waals surface area contributed by atoms with Crippen molar-refractivity contribution in [2.24, 2.45) is 0 Å². The van der Waals surface area contributed by atoms with E-state index < -0.39 is 5.60 Å². The van der Waals surface area contributed by atoms with Crippen LogP contribution < -0.4 is 10.2 Å². The molecule has 0 bridgehead atoms. The Labute approximate surface area is 298 Å². The molecule has 0 aliphatic carbocycles.